The second-order valence-corrected chi connectivity index (χ2v) is 13.0. The third kappa shape index (κ3) is 6.40. The molecule has 0 aliphatic carbocycles. The van der Waals surface area contributed by atoms with Gasteiger partial charge in [0.15, 0.2) is 0 Å². The molecule has 246 valence electrons. The zero-order chi connectivity index (χ0) is 35.3. The average Bonchev–Trinajstić information content (AvgIpc) is 3.21. The van der Waals surface area contributed by atoms with Crippen LogP contribution in [0.1, 0.15) is 33.5 Å². The molecule has 0 radical (unpaired) electrons. The van der Waals surface area contributed by atoms with Gasteiger partial charge in [0.05, 0.1) is 16.7 Å². The minimum atomic E-state index is -0.697. The fraction of sp³-hybridized carbons (Fsp3) is 0.0612. The highest BCUT2D eigenvalue weighted by atomic mass is 15.1. The van der Waals surface area contributed by atoms with Crippen molar-refractivity contribution in [3.05, 3.63) is 209 Å². The predicted octanol–water partition coefficient (Wildman–Crippen LogP) is 10.3. The van der Waals surface area contributed by atoms with Gasteiger partial charge in [0.25, 0.3) is 0 Å². The maximum atomic E-state index is 5.16. The van der Waals surface area contributed by atoms with Crippen molar-refractivity contribution >= 4 is 27.5 Å². The quantitative estimate of drug-likeness (QED) is 0.104. The molecule has 0 amide bonds. The van der Waals surface area contributed by atoms with E-state index < -0.39 is 5.41 Å². The molecular formula is C49H35N3. The molecule has 0 bridgehead atoms. The van der Waals surface area contributed by atoms with Gasteiger partial charge in [0.2, 0.25) is 0 Å². The highest BCUT2D eigenvalue weighted by Gasteiger charge is 2.34. The summed E-state index contributed by atoms with van der Waals surface area (Å²) < 4.78 is 0. The Morgan fingerprint density at radius 1 is 0.442 bits per heavy atom. The first-order valence-corrected chi connectivity index (χ1v) is 17.4. The molecule has 0 saturated carbocycles. The Labute approximate surface area is 305 Å². The van der Waals surface area contributed by atoms with Gasteiger partial charge in [-0.1, -0.05) is 139 Å². The van der Waals surface area contributed by atoms with E-state index >= 15 is 0 Å². The Morgan fingerprint density at radius 2 is 0.904 bits per heavy atom. The van der Waals surface area contributed by atoms with Gasteiger partial charge in [0.1, 0.15) is 11.1 Å². The number of rotatable bonds is 5. The zero-order valence-electron chi connectivity index (χ0n) is 29.1. The lowest BCUT2D eigenvalue weighted by atomic mass is 9.70. The van der Waals surface area contributed by atoms with Crippen molar-refractivity contribution in [2.75, 3.05) is 19.0 Å². The van der Waals surface area contributed by atoms with E-state index in [2.05, 4.69) is 180 Å². The van der Waals surface area contributed by atoms with E-state index in [1.54, 1.807) is 0 Å². The molecule has 0 spiro atoms. The second-order valence-electron chi connectivity index (χ2n) is 13.0. The second kappa shape index (κ2) is 14.1. The summed E-state index contributed by atoms with van der Waals surface area (Å²) in [7, 11) is 4.07. The van der Waals surface area contributed by atoms with Crippen molar-refractivity contribution in [3.8, 4) is 34.9 Å². The van der Waals surface area contributed by atoms with Gasteiger partial charge in [-0.25, -0.2) is 9.97 Å². The maximum Gasteiger partial charge on any atom is 0.114 e. The van der Waals surface area contributed by atoms with Crippen molar-refractivity contribution in [1.29, 1.82) is 0 Å². The van der Waals surface area contributed by atoms with E-state index in [4.69, 9.17) is 9.97 Å². The SMILES string of the molecule is CN(C)c1ccc(C#Cc2ccc(-c3ccc4ccc5ccc(C#CC(c6ccccc6)(c6ccccc6)c6ccccc6)nc5c4n3)cc2)cc1. The lowest BCUT2D eigenvalue weighted by Crippen LogP contribution is -2.27. The van der Waals surface area contributed by atoms with Crippen LogP contribution in [0.2, 0.25) is 0 Å². The Bertz CT molecular complexity index is 2530. The molecular weight excluding hydrogens is 631 g/mol. The monoisotopic (exact) mass is 665 g/mol. The number of benzene rings is 6. The number of pyridine rings is 2. The first kappa shape index (κ1) is 32.3. The molecule has 0 aliphatic rings. The zero-order valence-corrected chi connectivity index (χ0v) is 29.1. The highest BCUT2D eigenvalue weighted by molar-refractivity contribution is 6.03. The Morgan fingerprint density at radius 3 is 1.42 bits per heavy atom. The van der Waals surface area contributed by atoms with E-state index in [0.29, 0.717) is 5.69 Å². The molecule has 0 saturated heterocycles. The van der Waals surface area contributed by atoms with E-state index in [1.807, 2.05) is 38.4 Å². The summed E-state index contributed by atoms with van der Waals surface area (Å²) in [6.07, 6.45) is 0. The molecule has 3 heteroatoms. The minimum Gasteiger partial charge on any atom is -0.378 e. The standard InChI is InChI=1S/C49H35N3/c1-52(2)45-31-22-37(23-32-45)19-18-36-20-24-38(25-21-36)46-33-29-40-27-26-39-28-30-44(50-47(39)48(40)51-46)34-35-49(41-12-6-3-7-13-41,42-14-8-4-9-15-42)43-16-10-5-11-17-43/h3-17,20-33H,1-2H3. The van der Waals surface area contributed by atoms with Crippen LogP contribution in [0.3, 0.4) is 0 Å². The van der Waals surface area contributed by atoms with Gasteiger partial charge in [-0.15, -0.1) is 0 Å². The fourth-order valence-electron chi connectivity index (χ4n) is 6.65. The number of fused-ring (bicyclic) bond motifs is 3. The topological polar surface area (TPSA) is 29.0 Å². The Kier molecular flexibility index (Phi) is 8.76. The smallest absolute Gasteiger partial charge is 0.114 e. The lowest BCUT2D eigenvalue weighted by Gasteiger charge is -2.30. The van der Waals surface area contributed by atoms with Crippen molar-refractivity contribution in [2.24, 2.45) is 0 Å². The number of hydrogen-bond donors (Lipinski definition) is 0. The van der Waals surface area contributed by atoms with Crippen molar-refractivity contribution in [1.82, 2.24) is 9.97 Å². The van der Waals surface area contributed by atoms with E-state index in [9.17, 15) is 0 Å². The number of aromatic nitrogens is 2. The van der Waals surface area contributed by atoms with Gasteiger partial charge in [-0.3, -0.25) is 0 Å². The van der Waals surface area contributed by atoms with Gasteiger partial charge < -0.3 is 4.90 Å². The number of nitrogens with zero attached hydrogens (tertiary/aromatic N) is 3. The Balaban J connectivity index is 1.17. The van der Waals surface area contributed by atoms with E-state index in [-0.39, 0.29) is 0 Å². The van der Waals surface area contributed by atoms with Crippen molar-refractivity contribution < 1.29 is 0 Å². The van der Waals surface area contributed by atoms with Crippen LogP contribution in [0, 0.1) is 23.7 Å². The van der Waals surface area contributed by atoms with Crippen molar-refractivity contribution in [3.63, 3.8) is 0 Å². The summed E-state index contributed by atoms with van der Waals surface area (Å²) in [4.78, 5) is 12.4. The van der Waals surface area contributed by atoms with Gasteiger partial charge in [0, 0.05) is 47.2 Å². The average molecular weight is 666 g/mol. The molecule has 0 aliphatic heterocycles. The van der Waals surface area contributed by atoms with Crippen LogP contribution in [0.4, 0.5) is 5.69 Å². The summed E-state index contributed by atoms with van der Waals surface area (Å²) in [6.45, 7) is 0. The van der Waals surface area contributed by atoms with Gasteiger partial charge >= 0.3 is 0 Å². The molecule has 8 aromatic rings. The fourth-order valence-corrected chi connectivity index (χ4v) is 6.65. The van der Waals surface area contributed by atoms with Crippen molar-refractivity contribution in [2.45, 2.75) is 5.41 Å². The first-order chi connectivity index (χ1) is 25.6. The van der Waals surface area contributed by atoms with E-state index in [1.165, 1.54) is 0 Å². The van der Waals surface area contributed by atoms with Crippen LogP contribution in [-0.2, 0) is 5.41 Å². The summed E-state index contributed by atoms with van der Waals surface area (Å²) in [5.41, 5.74) is 9.99. The molecule has 52 heavy (non-hydrogen) atoms. The summed E-state index contributed by atoms with van der Waals surface area (Å²) in [6, 6.07) is 60.6. The number of anilines is 1. The summed E-state index contributed by atoms with van der Waals surface area (Å²) >= 11 is 0. The van der Waals surface area contributed by atoms with Crippen LogP contribution in [0.15, 0.2) is 176 Å². The predicted molar refractivity (Wildman–Crippen MR) is 215 cm³/mol. The summed E-state index contributed by atoms with van der Waals surface area (Å²) in [5, 5.41) is 2.05. The molecule has 2 aromatic heterocycles. The molecule has 0 fully saturated rings. The van der Waals surface area contributed by atoms with Gasteiger partial charge in [-0.05, 0) is 77.2 Å². The highest BCUT2D eigenvalue weighted by Crippen LogP contribution is 2.39. The third-order valence-electron chi connectivity index (χ3n) is 9.43. The molecule has 6 aromatic carbocycles. The van der Waals surface area contributed by atoms with Crippen LogP contribution < -0.4 is 4.90 Å². The molecule has 3 nitrogen and oxygen atoms in total. The van der Waals surface area contributed by atoms with Crippen LogP contribution in [-0.4, -0.2) is 24.1 Å². The molecule has 0 atom stereocenters. The van der Waals surface area contributed by atoms with Crippen LogP contribution in [0.25, 0.3) is 33.1 Å². The van der Waals surface area contributed by atoms with Crippen LogP contribution >= 0.6 is 0 Å². The maximum absolute atomic E-state index is 5.16. The van der Waals surface area contributed by atoms with Crippen LogP contribution in [0.5, 0.6) is 0 Å². The first-order valence-electron chi connectivity index (χ1n) is 17.4. The van der Waals surface area contributed by atoms with Gasteiger partial charge in [-0.2, -0.15) is 0 Å². The Hall–Kier alpha value is -6.94. The summed E-state index contributed by atoms with van der Waals surface area (Å²) in [5.74, 6) is 13.8. The molecule has 0 N–H and O–H groups in total. The third-order valence-corrected chi connectivity index (χ3v) is 9.43. The normalized spacial score (nSPS) is 11.0. The minimum absolute atomic E-state index is 0.693. The van der Waals surface area contributed by atoms with E-state index in [0.717, 1.165) is 66.6 Å². The molecule has 8 rings (SSSR count). The number of hydrogen-bond acceptors (Lipinski definition) is 3. The molecule has 0 unspecified atom stereocenters. The molecule has 2 heterocycles. The lowest BCUT2D eigenvalue weighted by molar-refractivity contribution is 0.809. The largest absolute Gasteiger partial charge is 0.378 e.